The van der Waals surface area contributed by atoms with E-state index in [2.05, 4.69) is 23.0 Å². The Labute approximate surface area is 194 Å². The van der Waals surface area contributed by atoms with Gasteiger partial charge in [0, 0.05) is 44.8 Å². The van der Waals surface area contributed by atoms with Crippen LogP contribution in [-0.2, 0) is 6.18 Å². The number of likely N-dealkylation sites (tertiary alicyclic amines) is 1. The highest BCUT2D eigenvalue weighted by atomic mass is 19.4. The summed E-state index contributed by atoms with van der Waals surface area (Å²) >= 11 is 0. The summed E-state index contributed by atoms with van der Waals surface area (Å²) in [5.41, 5.74) is 0.853. The topological polar surface area (TPSA) is 55.0 Å². The van der Waals surface area contributed by atoms with Crippen LogP contribution in [0.1, 0.15) is 42.7 Å². The highest BCUT2D eigenvalue weighted by Crippen LogP contribution is 2.51. The van der Waals surface area contributed by atoms with Gasteiger partial charge in [0.2, 0.25) is 0 Å². The molecule has 0 N–H and O–H groups in total. The van der Waals surface area contributed by atoms with Crippen molar-refractivity contribution < 1.29 is 22.0 Å². The van der Waals surface area contributed by atoms with Gasteiger partial charge in [-0.05, 0) is 36.5 Å². The Hall–Kier alpha value is -3.22. The van der Waals surface area contributed by atoms with E-state index in [1.165, 1.54) is 6.07 Å². The van der Waals surface area contributed by atoms with Gasteiger partial charge >= 0.3 is 6.18 Å². The zero-order valence-electron chi connectivity index (χ0n) is 18.4. The molecular weight excluding hydrogens is 453 g/mol. The SMILES string of the molecule is C=N/N=C(/CC1CC1(F)F)N1C=CC(N2CCC(c3ccccc3C(F)(F)F)CC2)=C(C#N)C1. The zero-order chi connectivity index (χ0) is 24.5. The lowest BCUT2D eigenvalue weighted by molar-refractivity contribution is -0.138. The van der Waals surface area contributed by atoms with Crippen LogP contribution in [0.25, 0.3) is 0 Å². The third kappa shape index (κ3) is 4.98. The van der Waals surface area contributed by atoms with Gasteiger partial charge in [-0.25, -0.2) is 8.78 Å². The number of nitrogens with zero attached hydrogens (tertiary/aromatic N) is 5. The van der Waals surface area contributed by atoms with E-state index in [4.69, 9.17) is 0 Å². The number of hydrogen-bond donors (Lipinski definition) is 0. The highest BCUT2D eigenvalue weighted by Gasteiger charge is 2.57. The molecule has 0 bridgehead atoms. The van der Waals surface area contributed by atoms with E-state index in [0.717, 1.165) is 6.07 Å². The van der Waals surface area contributed by atoms with Gasteiger partial charge in [0.25, 0.3) is 5.92 Å². The van der Waals surface area contributed by atoms with E-state index >= 15 is 0 Å². The number of amidine groups is 1. The molecule has 1 unspecified atom stereocenters. The summed E-state index contributed by atoms with van der Waals surface area (Å²) in [5.74, 6) is -3.39. The van der Waals surface area contributed by atoms with Crippen LogP contribution in [-0.4, -0.2) is 47.9 Å². The number of rotatable bonds is 5. The lowest BCUT2D eigenvalue weighted by Crippen LogP contribution is -2.37. The van der Waals surface area contributed by atoms with Crippen LogP contribution < -0.4 is 0 Å². The van der Waals surface area contributed by atoms with Crippen LogP contribution in [0.4, 0.5) is 22.0 Å². The molecule has 2 heterocycles. The van der Waals surface area contributed by atoms with Gasteiger partial charge in [0.05, 0.1) is 29.4 Å². The fourth-order valence-corrected chi connectivity index (χ4v) is 4.68. The van der Waals surface area contributed by atoms with Crippen molar-refractivity contribution in [2.24, 2.45) is 16.1 Å². The number of halogens is 5. The quantitative estimate of drug-likeness (QED) is 0.242. The number of alkyl halides is 5. The molecular formula is C24H24F5N5. The minimum Gasteiger partial charge on any atom is -0.371 e. The number of piperidine rings is 1. The molecule has 2 aliphatic heterocycles. The molecule has 34 heavy (non-hydrogen) atoms. The van der Waals surface area contributed by atoms with E-state index in [1.807, 2.05) is 4.90 Å². The molecule has 1 aromatic carbocycles. The maximum absolute atomic E-state index is 13.4. The predicted octanol–water partition coefficient (Wildman–Crippen LogP) is 5.55. The fraction of sp³-hybridized carbons (Fsp3) is 0.458. The molecule has 0 radical (unpaired) electrons. The van der Waals surface area contributed by atoms with Crippen molar-refractivity contribution in [2.45, 2.75) is 43.7 Å². The van der Waals surface area contributed by atoms with Crippen LogP contribution in [0.3, 0.4) is 0 Å². The highest BCUT2D eigenvalue weighted by molar-refractivity contribution is 5.84. The van der Waals surface area contributed by atoms with E-state index in [0.29, 0.717) is 48.6 Å². The third-order valence-corrected chi connectivity index (χ3v) is 6.63. The summed E-state index contributed by atoms with van der Waals surface area (Å²) in [5, 5.41) is 17.1. The van der Waals surface area contributed by atoms with Crippen LogP contribution in [0.5, 0.6) is 0 Å². The Morgan fingerprint density at radius 1 is 1.21 bits per heavy atom. The van der Waals surface area contributed by atoms with Gasteiger partial charge in [-0.1, -0.05) is 18.2 Å². The molecule has 1 saturated carbocycles. The molecule has 5 nitrogen and oxygen atoms in total. The van der Waals surface area contributed by atoms with Crippen molar-refractivity contribution in [3.05, 3.63) is 58.9 Å². The lowest BCUT2D eigenvalue weighted by Gasteiger charge is -2.37. The number of nitriles is 1. The Morgan fingerprint density at radius 3 is 2.47 bits per heavy atom. The number of hydrogen-bond acceptors (Lipinski definition) is 4. The fourth-order valence-electron chi connectivity index (χ4n) is 4.68. The second kappa shape index (κ2) is 9.20. The summed E-state index contributed by atoms with van der Waals surface area (Å²) < 4.78 is 67.0. The first-order valence-corrected chi connectivity index (χ1v) is 11.0. The van der Waals surface area contributed by atoms with Crippen LogP contribution in [0.15, 0.2) is 58.0 Å². The van der Waals surface area contributed by atoms with Crippen LogP contribution >= 0.6 is 0 Å². The standard InChI is InChI=1S/C24H24F5N5/c1-31-32-22(12-18-13-23(18,25)26)34-11-8-21(17(14-30)15-34)33-9-6-16(7-10-33)19-4-2-3-5-20(19)24(27,28)29/h2-5,8,11,16,18H,1,6-7,9-10,12-13,15H2/b32-22-. The van der Waals surface area contributed by atoms with Crippen molar-refractivity contribution >= 4 is 12.6 Å². The molecule has 1 atom stereocenters. The second-order valence-corrected chi connectivity index (χ2v) is 8.79. The molecule has 0 amide bonds. The van der Waals surface area contributed by atoms with Crippen molar-refractivity contribution in [1.82, 2.24) is 9.80 Å². The van der Waals surface area contributed by atoms with Crippen molar-refractivity contribution in [2.75, 3.05) is 19.6 Å². The van der Waals surface area contributed by atoms with Crippen molar-refractivity contribution in [3.8, 4) is 6.07 Å². The van der Waals surface area contributed by atoms with Crippen LogP contribution in [0.2, 0.25) is 0 Å². The monoisotopic (exact) mass is 477 g/mol. The molecule has 1 aliphatic carbocycles. The van der Waals surface area contributed by atoms with Gasteiger partial charge in [-0.2, -0.15) is 23.5 Å². The van der Waals surface area contributed by atoms with Gasteiger partial charge in [0.15, 0.2) is 0 Å². The molecule has 10 heteroatoms. The maximum atomic E-state index is 13.4. The van der Waals surface area contributed by atoms with Crippen LogP contribution in [0, 0.1) is 17.2 Å². The molecule has 0 spiro atoms. The van der Waals surface area contributed by atoms with Gasteiger partial charge in [-0.15, -0.1) is 5.10 Å². The number of benzene rings is 1. The van der Waals surface area contributed by atoms with E-state index in [9.17, 15) is 27.2 Å². The Morgan fingerprint density at radius 2 is 1.88 bits per heavy atom. The first kappa shape index (κ1) is 23.9. The second-order valence-electron chi connectivity index (χ2n) is 8.79. The average molecular weight is 477 g/mol. The van der Waals surface area contributed by atoms with Crippen molar-refractivity contribution in [1.29, 1.82) is 5.26 Å². The predicted molar refractivity (Wildman–Crippen MR) is 118 cm³/mol. The number of allylic oxidation sites excluding steroid dienone is 1. The van der Waals surface area contributed by atoms with Gasteiger partial charge < -0.3 is 9.80 Å². The molecule has 0 aromatic heterocycles. The lowest BCUT2D eigenvalue weighted by atomic mass is 9.86. The molecule has 3 aliphatic rings. The van der Waals surface area contributed by atoms with E-state index in [-0.39, 0.29) is 25.3 Å². The largest absolute Gasteiger partial charge is 0.416 e. The molecule has 2 fully saturated rings. The Bertz CT molecular complexity index is 1070. The maximum Gasteiger partial charge on any atom is 0.416 e. The first-order chi connectivity index (χ1) is 16.1. The van der Waals surface area contributed by atoms with E-state index < -0.39 is 23.6 Å². The minimum atomic E-state index is -4.40. The first-order valence-electron chi connectivity index (χ1n) is 11.0. The van der Waals surface area contributed by atoms with Gasteiger partial charge in [0.1, 0.15) is 5.84 Å². The summed E-state index contributed by atoms with van der Waals surface area (Å²) in [4.78, 5) is 3.62. The average Bonchev–Trinajstić information content (AvgIpc) is 3.43. The van der Waals surface area contributed by atoms with E-state index in [1.54, 1.807) is 29.3 Å². The molecule has 180 valence electrons. The summed E-state index contributed by atoms with van der Waals surface area (Å²) in [6.07, 6.45) is -0.0909. The molecule has 1 saturated heterocycles. The molecule has 1 aromatic rings. The van der Waals surface area contributed by atoms with Gasteiger partial charge in [-0.3, -0.25) is 0 Å². The summed E-state index contributed by atoms with van der Waals surface area (Å²) in [7, 11) is 0. The van der Waals surface area contributed by atoms with Crippen molar-refractivity contribution in [3.63, 3.8) is 0 Å². The molecule has 4 rings (SSSR count). The summed E-state index contributed by atoms with van der Waals surface area (Å²) in [6.45, 7) is 4.48. The smallest absolute Gasteiger partial charge is 0.371 e. The Balaban J connectivity index is 1.44. The normalized spacial score (nSPS) is 23.2. The Kier molecular flexibility index (Phi) is 6.47. The summed E-state index contributed by atoms with van der Waals surface area (Å²) in [6, 6.07) is 7.86. The zero-order valence-corrected chi connectivity index (χ0v) is 18.4. The third-order valence-electron chi connectivity index (χ3n) is 6.63. The minimum absolute atomic E-state index is 0.0361.